The first-order valence-corrected chi connectivity index (χ1v) is 12.7. The average molecular weight is 479 g/mol. The topological polar surface area (TPSA) is 75.4 Å². The number of rotatable bonds is 5. The number of fused-ring (bicyclic) bond motifs is 1. The van der Waals surface area contributed by atoms with E-state index in [-0.39, 0.29) is 23.5 Å². The monoisotopic (exact) mass is 478 g/mol. The molecule has 5 nitrogen and oxygen atoms in total. The Morgan fingerprint density at radius 2 is 1.94 bits per heavy atom. The number of Topliss-reactive ketones (excluding diaryl/α,β-unsaturated/α-hetero) is 1. The van der Waals surface area contributed by atoms with Gasteiger partial charge in [0.15, 0.2) is 5.76 Å². The van der Waals surface area contributed by atoms with Gasteiger partial charge in [0.05, 0.1) is 11.8 Å². The summed E-state index contributed by atoms with van der Waals surface area (Å²) < 4.78 is 6.00. The number of allylic oxidation sites excluding steroid dienone is 5. The van der Waals surface area contributed by atoms with E-state index in [0.717, 1.165) is 36.2 Å². The van der Waals surface area contributed by atoms with E-state index in [1.807, 2.05) is 38.1 Å². The fraction of sp³-hybridized carbons (Fsp3) is 0.290. The molecule has 2 aromatic carbocycles. The van der Waals surface area contributed by atoms with Crippen molar-refractivity contribution in [3.05, 3.63) is 107 Å². The maximum absolute atomic E-state index is 13.3. The van der Waals surface area contributed by atoms with Crippen molar-refractivity contribution in [2.45, 2.75) is 45.1 Å². The zero-order valence-electron chi connectivity index (χ0n) is 20.6. The lowest BCUT2D eigenvalue weighted by atomic mass is 9.80. The van der Waals surface area contributed by atoms with Crippen LogP contribution >= 0.6 is 0 Å². The van der Waals surface area contributed by atoms with Crippen molar-refractivity contribution < 1.29 is 14.3 Å². The Bertz CT molecular complexity index is 1430. The van der Waals surface area contributed by atoms with E-state index in [4.69, 9.17) is 4.42 Å². The molecule has 1 aliphatic heterocycles. The number of nitrogens with one attached hydrogen (secondary N) is 1. The number of hydrogen-bond acceptors (Lipinski definition) is 5. The van der Waals surface area contributed by atoms with Gasteiger partial charge < -0.3 is 14.8 Å². The van der Waals surface area contributed by atoms with Gasteiger partial charge in [-0.3, -0.25) is 4.79 Å². The lowest BCUT2D eigenvalue weighted by Gasteiger charge is -2.23. The largest absolute Gasteiger partial charge is 0.434 e. The summed E-state index contributed by atoms with van der Waals surface area (Å²) in [6, 6.07) is 17.0. The molecule has 182 valence electrons. The van der Waals surface area contributed by atoms with E-state index in [9.17, 15) is 9.90 Å². The summed E-state index contributed by atoms with van der Waals surface area (Å²) in [6.45, 7) is 3.83. The first-order chi connectivity index (χ1) is 17.4. The van der Waals surface area contributed by atoms with Crippen molar-refractivity contribution in [1.82, 2.24) is 10.3 Å². The Labute approximate surface area is 211 Å². The molecule has 1 saturated carbocycles. The van der Waals surface area contributed by atoms with Gasteiger partial charge in [-0.25, -0.2) is 4.98 Å². The number of carbonyl (C=O) groups is 1. The molecule has 0 saturated heterocycles. The zero-order valence-corrected chi connectivity index (χ0v) is 20.6. The normalized spacial score (nSPS) is 25.0. The van der Waals surface area contributed by atoms with E-state index in [1.165, 1.54) is 22.3 Å². The lowest BCUT2D eigenvalue weighted by Crippen LogP contribution is -2.23. The number of oxazole rings is 1. The van der Waals surface area contributed by atoms with Crippen LogP contribution in [0.2, 0.25) is 0 Å². The first-order valence-electron chi connectivity index (χ1n) is 12.7. The van der Waals surface area contributed by atoms with Crippen LogP contribution in [-0.2, 0) is 12.8 Å². The number of aliphatic hydroxyl groups is 1. The Hall–Kier alpha value is -3.70. The third-order valence-electron chi connectivity index (χ3n) is 7.75. The summed E-state index contributed by atoms with van der Waals surface area (Å²) in [7, 11) is 0. The number of benzene rings is 2. The van der Waals surface area contributed by atoms with Gasteiger partial charge in [-0.15, -0.1) is 0 Å². The van der Waals surface area contributed by atoms with Gasteiger partial charge in [-0.1, -0.05) is 54.6 Å². The van der Waals surface area contributed by atoms with E-state index in [0.29, 0.717) is 12.2 Å². The first kappa shape index (κ1) is 22.7. The van der Waals surface area contributed by atoms with Gasteiger partial charge >= 0.3 is 0 Å². The van der Waals surface area contributed by atoms with E-state index in [1.54, 1.807) is 6.20 Å². The number of carbonyl (C=O) groups excluding carboxylic acids is 1. The SMILES string of the molecule is CC1=C(c2cnc(C(=O)C3CCc4cc(-c5ccccc5)ccc4C3)o2)C=CC=C(C2CC2(C)O)N1. The van der Waals surface area contributed by atoms with Crippen LogP contribution in [0.3, 0.4) is 0 Å². The van der Waals surface area contributed by atoms with Crippen LogP contribution in [0.15, 0.2) is 88.8 Å². The molecule has 3 unspecified atom stereocenters. The van der Waals surface area contributed by atoms with Gasteiger partial charge in [-0.05, 0) is 73.9 Å². The van der Waals surface area contributed by atoms with Crippen molar-refractivity contribution in [3.8, 4) is 11.1 Å². The summed E-state index contributed by atoms with van der Waals surface area (Å²) in [6.07, 6.45) is 10.7. The Balaban J connectivity index is 1.17. The number of nitrogens with zero attached hydrogens (tertiary/aromatic N) is 1. The maximum atomic E-state index is 13.3. The average Bonchev–Trinajstić information content (AvgIpc) is 3.34. The standard InChI is InChI=1S/C31H30N2O3/c1-19-25(9-6-10-27(33-19)26-17-31(26,2)35)28-18-32-30(36-28)29(34)24-14-13-22-15-21(11-12-23(22)16-24)20-7-4-3-5-8-20/h3-12,15,18,24,26,33,35H,13-14,16-17H2,1-2H3. The summed E-state index contributed by atoms with van der Waals surface area (Å²) in [5.41, 5.74) is 7.10. The third-order valence-corrected chi connectivity index (χ3v) is 7.75. The molecule has 3 aliphatic rings. The van der Waals surface area contributed by atoms with Gasteiger partial charge in [0.1, 0.15) is 0 Å². The molecule has 2 aliphatic carbocycles. The number of ketones is 1. The smallest absolute Gasteiger partial charge is 0.263 e. The van der Waals surface area contributed by atoms with Crippen molar-refractivity contribution in [3.63, 3.8) is 0 Å². The van der Waals surface area contributed by atoms with E-state index >= 15 is 0 Å². The van der Waals surface area contributed by atoms with Crippen molar-refractivity contribution >= 4 is 11.4 Å². The molecule has 0 amide bonds. The summed E-state index contributed by atoms with van der Waals surface area (Å²) in [5, 5.41) is 13.7. The molecule has 3 atom stereocenters. The van der Waals surface area contributed by atoms with E-state index in [2.05, 4.69) is 52.8 Å². The fourth-order valence-electron chi connectivity index (χ4n) is 5.44. The number of aromatic nitrogens is 1. The van der Waals surface area contributed by atoms with Crippen LogP contribution in [-0.4, -0.2) is 21.5 Å². The van der Waals surface area contributed by atoms with Crippen molar-refractivity contribution in [2.75, 3.05) is 0 Å². The number of hydrogen-bond donors (Lipinski definition) is 2. The molecule has 1 aromatic heterocycles. The highest BCUT2D eigenvalue weighted by Crippen LogP contribution is 2.47. The minimum atomic E-state index is -0.648. The van der Waals surface area contributed by atoms with Crippen LogP contribution in [0, 0.1) is 11.8 Å². The minimum absolute atomic E-state index is 0.0318. The second-order valence-corrected chi connectivity index (χ2v) is 10.4. The molecular formula is C31H30N2O3. The molecule has 36 heavy (non-hydrogen) atoms. The molecule has 1 fully saturated rings. The summed E-state index contributed by atoms with van der Waals surface area (Å²) >= 11 is 0. The van der Waals surface area contributed by atoms with Crippen LogP contribution < -0.4 is 5.32 Å². The lowest BCUT2D eigenvalue weighted by molar-refractivity contribution is 0.0872. The van der Waals surface area contributed by atoms with Crippen LogP contribution in [0.1, 0.15) is 54.3 Å². The second-order valence-electron chi connectivity index (χ2n) is 10.4. The van der Waals surface area contributed by atoms with Gasteiger partial charge in [0, 0.05) is 28.8 Å². The second kappa shape index (κ2) is 8.75. The molecule has 2 heterocycles. The Kier molecular flexibility index (Phi) is 5.53. The predicted octanol–water partition coefficient (Wildman–Crippen LogP) is 5.87. The molecule has 0 bridgehead atoms. The van der Waals surface area contributed by atoms with Crippen molar-refractivity contribution in [1.29, 1.82) is 0 Å². The van der Waals surface area contributed by atoms with Gasteiger partial charge in [0.25, 0.3) is 5.89 Å². The van der Waals surface area contributed by atoms with E-state index < -0.39 is 5.60 Å². The van der Waals surface area contributed by atoms with Crippen LogP contribution in [0.25, 0.3) is 16.7 Å². The molecule has 0 radical (unpaired) electrons. The molecule has 5 heteroatoms. The van der Waals surface area contributed by atoms with Crippen molar-refractivity contribution in [2.24, 2.45) is 11.8 Å². The molecular weight excluding hydrogens is 448 g/mol. The number of aryl methyl sites for hydroxylation is 1. The van der Waals surface area contributed by atoms with Crippen LogP contribution in [0.5, 0.6) is 0 Å². The highest BCUT2D eigenvalue weighted by atomic mass is 16.4. The molecule has 3 aromatic rings. The fourth-order valence-corrected chi connectivity index (χ4v) is 5.44. The minimum Gasteiger partial charge on any atom is -0.434 e. The van der Waals surface area contributed by atoms with Crippen LogP contribution in [0.4, 0.5) is 0 Å². The molecule has 0 spiro atoms. The maximum Gasteiger partial charge on any atom is 0.263 e. The Morgan fingerprint density at radius 3 is 2.72 bits per heavy atom. The molecule has 2 N–H and O–H groups in total. The van der Waals surface area contributed by atoms with Gasteiger partial charge in [0.2, 0.25) is 5.78 Å². The zero-order chi connectivity index (χ0) is 24.9. The molecule has 6 rings (SSSR count). The highest BCUT2D eigenvalue weighted by molar-refractivity contribution is 5.94. The summed E-state index contributed by atoms with van der Waals surface area (Å²) in [4.78, 5) is 17.7. The Morgan fingerprint density at radius 1 is 1.14 bits per heavy atom. The van der Waals surface area contributed by atoms with Gasteiger partial charge in [-0.2, -0.15) is 0 Å². The summed E-state index contributed by atoms with van der Waals surface area (Å²) in [5.74, 6) is 0.697. The highest BCUT2D eigenvalue weighted by Gasteiger charge is 2.50. The quantitative estimate of drug-likeness (QED) is 0.448. The third kappa shape index (κ3) is 4.24. The predicted molar refractivity (Wildman–Crippen MR) is 140 cm³/mol.